The molecule has 0 aliphatic heterocycles. The Balaban J connectivity index is 4.02. The smallest absolute Gasteiger partial charge is 0.0551 e. The van der Waals surface area contributed by atoms with Crippen LogP contribution in [0.15, 0.2) is 0 Å². The van der Waals surface area contributed by atoms with Gasteiger partial charge in [0.25, 0.3) is 0 Å². The first-order valence-corrected chi connectivity index (χ1v) is 6.85. The lowest BCUT2D eigenvalue weighted by atomic mass is 10.4. The minimum Gasteiger partial charge on any atom is -0.393 e. The van der Waals surface area contributed by atoms with E-state index in [9.17, 15) is 10.2 Å². The van der Waals surface area contributed by atoms with Crippen LogP contribution in [0.1, 0.15) is 34.1 Å². The molecule has 0 heterocycles. The second-order valence-corrected chi connectivity index (χ2v) is 6.70. The van der Waals surface area contributed by atoms with E-state index in [0.717, 1.165) is 18.7 Å². The van der Waals surface area contributed by atoms with Gasteiger partial charge in [0.15, 0.2) is 0 Å². The third-order valence-corrected chi connectivity index (χ3v) is 5.82. The summed E-state index contributed by atoms with van der Waals surface area (Å²) < 4.78 is 0. The average molecular weight is 206 g/mol. The van der Waals surface area contributed by atoms with Crippen LogP contribution in [0.3, 0.4) is 0 Å². The highest BCUT2D eigenvalue weighted by atomic mass is 31.1. The van der Waals surface area contributed by atoms with Crippen molar-refractivity contribution in [1.82, 2.24) is 0 Å². The molecule has 0 spiro atoms. The fourth-order valence-electron chi connectivity index (χ4n) is 1.37. The molecule has 0 saturated carbocycles. The minimum atomic E-state index is -0.223. The van der Waals surface area contributed by atoms with Gasteiger partial charge in [-0.2, -0.15) is 0 Å². The number of aliphatic hydroxyl groups excluding tert-OH is 2. The third-order valence-electron chi connectivity index (χ3n) is 2.21. The van der Waals surface area contributed by atoms with Crippen molar-refractivity contribution in [3.05, 3.63) is 0 Å². The van der Waals surface area contributed by atoms with E-state index in [-0.39, 0.29) is 20.1 Å². The molecular weight excluding hydrogens is 183 g/mol. The standard InChI is InChI=1S/C10H23O2P/c1-5-10(4)13(6-8(2)11)7-9(3)12/h8-12H,5-7H2,1-4H3. The summed E-state index contributed by atoms with van der Waals surface area (Å²) in [6.07, 6.45) is 2.44. The molecule has 0 aromatic carbocycles. The van der Waals surface area contributed by atoms with Gasteiger partial charge in [-0.05, 0) is 38.3 Å². The lowest BCUT2D eigenvalue weighted by molar-refractivity contribution is 0.212. The third kappa shape index (κ3) is 6.42. The second kappa shape index (κ2) is 6.75. The van der Waals surface area contributed by atoms with Crippen molar-refractivity contribution in [1.29, 1.82) is 0 Å². The fraction of sp³-hybridized carbons (Fsp3) is 1.00. The predicted molar refractivity (Wildman–Crippen MR) is 59.8 cm³/mol. The Kier molecular flexibility index (Phi) is 6.93. The Labute approximate surface area is 83.1 Å². The predicted octanol–water partition coefficient (Wildman–Crippen LogP) is 2.03. The molecule has 0 aromatic rings. The molecule has 3 heteroatoms. The van der Waals surface area contributed by atoms with Crippen molar-refractivity contribution < 1.29 is 10.2 Å². The van der Waals surface area contributed by atoms with Crippen LogP contribution in [0.5, 0.6) is 0 Å². The number of aliphatic hydroxyl groups is 2. The number of hydrogen-bond donors (Lipinski definition) is 2. The molecular formula is C10H23O2P. The number of rotatable bonds is 6. The van der Waals surface area contributed by atoms with Crippen LogP contribution in [0.4, 0.5) is 0 Å². The molecule has 3 unspecified atom stereocenters. The van der Waals surface area contributed by atoms with E-state index in [2.05, 4.69) is 13.8 Å². The second-order valence-electron chi connectivity index (χ2n) is 3.91. The molecule has 0 amide bonds. The largest absolute Gasteiger partial charge is 0.393 e. The van der Waals surface area contributed by atoms with Gasteiger partial charge in [0.05, 0.1) is 12.2 Å². The SMILES string of the molecule is CCC(C)P(CC(C)O)CC(C)O. The van der Waals surface area contributed by atoms with E-state index >= 15 is 0 Å². The van der Waals surface area contributed by atoms with Gasteiger partial charge in [-0.3, -0.25) is 0 Å². The van der Waals surface area contributed by atoms with Crippen molar-refractivity contribution in [2.45, 2.75) is 52.0 Å². The quantitative estimate of drug-likeness (QED) is 0.653. The van der Waals surface area contributed by atoms with Gasteiger partial charge >= 0.3 is 0 Å². The molecule has 0 radical (unpaired) electrons. The van der Waals surface area contributed by atoms with Gasteiger partial charge in [0.2, 0.25) is 0 Å². The molecule has 0 bridgehead atoms. The van der Waals surface area contributed by atoms with Crippen LogP contribution in [0.2, 0.25) is 0 Å². The minimum absolute atomic E-state index is 0.201. The van der Waals surface area contributed by atoms with E-state index in [1.165, 1.54) is 0 Å². The fourth-order valence-corrected chi connectivity index (χ4v) is 4.11. The molecule has 0 aliphatic rings. The van der Waals surface area contributed by atoms with Gasteiger partial charge in [-0.1, -0.05) is 21.8 Å². The van der Waals surface area contributed by atoms with Crippen LogP contribution in [0, 0.1) is 0 Å². The Hall–Kier alpha value is 0.350. The molecule has 3 atom stereocenters. The molecule has 0 aliphatic carbocycles. The summed E-state index contributed by atoms with van der Waals surface area (Å²) in [5.74, 6) is 0. The zero-order chi connectivity index (χ0) is 10.4. The summed E-state index contributed by atoms with van der Waals surface area (Å²) in [4.78, 5) is 0. The van der Waals surface area contributed by atoms with Gasteiger partial charge in [-0.25, -0.2) is 0 Å². The molecule has 2 N–H and O–H groups in total. The van der Waals surface area contributed by atoms with E-state index in [0.29, 0.717) is 5.66 Å². The van der Waals surface area contributed by atoms with Crippen LogP contribution in [-0.2, 0) is 0 Å². The average Bonchev–Trinajstić information content (AvgIpc) is 2.00. The monoisotopic (exact) mass is 206 g/mol. The van der Waals surface area contributed by atoms with Crippen molar-refractivity contribution in [3.8, 4) is 0 Å². The maximum Gasteiger partial charge on any atom is 0.0551 e. The molecule has 0 saturated heterocycles. The van der Waals surface area contributed by atoms with Crippen molar-refractivity contribution in [2.24, 2.45) is 0 Å². The molecule has 2 nitrogen and oxygen atoms in total. The molecule has 0 fully saturated rings. The van der Waals surface area contributed by atoms with E-state index in [1.54, 1.807) is 0 Å². The van der Waals surface area contributed by atoms with Crippen LogP contribution in [0.25, 0.3) is 0 Å². The van der Waals surface area contributed by atoms with E-state index in [1.807, 2.05) is 13.8 Å². The van der Waals surface area contributed by atoms with Gasteiger partial charge in [0, 0.05) is 0 Å². The topological polar surface area (TPSA) is 40.5 Å². The Morgan fingerprint density at radius 3 is 1.62 bits per heavy atom. The van der Waals surface area contributed by atoms with Crippen LogP contribution in [-0.4, -0.2) is 40.4 Å². The Morgan fingerprint density at radius 1 is 1.00 bits per heavy atom. The summed E-state index contributed by atoms with van der Waals surface area (Å²) in [6, 6.07) is 0. The lowest BCUT2D eigenvalue weighted by Gasteiger charge is -2.26. The molecule has 80 valence electrons. The van der Waals surface area contributed by atoms with Gasteiger partial charge < -0.3 is 10.2 Å². The highest BCUT2D eigenvalue weighted by molar-refractivity contribution is 7.58. The Bertz CT molecular complexity index is 116. The Morgan fingerprint density at radius 2 is 1.38 bits per heavy atom. The highest BCUT2D eigenvalue weighted by Gasteiger charge is 2.18. The highest BCUT2D eigenvalue weighted by Crippen LogP contribution is 2.43. The zero-order valence-electron chi connectivity index (χ0n) is 9.20. The molecule has 0 aromatic heterocycles. The van der Waals surface area contributed by atoms with Crippen molar-refractivity contribution in [2.75, 3.05) is 12.3 Å². The summed E-state index contributed by atoms with van der Waals surface area (Å²) in [5, 5.41) is 18.6. The van der Waals surface area contributed by atoms with Gasteiger partial charge in [0.1, 0.15) is 0 Å². The first kappa shape index (κ1) is 13.4. The number of hydrogen-bond acceptors (Lipinski definition) is 2. The maximum atomic E-state index is 9.31. The van der Waals surface area contributed by atoms with Crippen LogP contribution < -0.4 is 0 Å². The van der Waals surface area contributed by atoms with Gasteiger partial charge in [-0.15, -0.1) is 0 Å². The van der Waals surface area contributed by atoms with Crippen molar-refractivity contribution >= 4 is 7.92 Å². The van der Waals surface area contributed by atoms with Crippen LogP contribution >= 0.6 is 7.92 Å². The van der Waals surface area contributed by atoms with Crippen molar-refractivity contribution in [3.63, 3.8) is 0 Å². The van der Waals surface area contributed by atoms with E-state index < -0.39 is 0 Å². The molecule has 13 heavy (non-hydrogen) atoms. The first-order valence-electron chi connectivity index (χ1n) is 5.07. The maximum absolute atomic E-state index is 9.31. The summed E-state index contributed by atoms with van der Waals surface area (Å²) >= 11 is 0. The normalized spacial score (nSPS) is 20.8. The van der Waals surface area contributed by atoms with E-state index in [4.69, 9.17) is 0 Å². The zero-order valence-corrected chi connectivity index (χ0v) is 10.1. The summed E-state index contributed by atoms with van der Waals surface area (Å²) in [7, 11) is -0.201. The lowest BCUT2D eigenvalue weighted by Crippen LogP contribution is -2.17. The summed E-state index contributed by atoms with van der Waals surface area (Å²) in [5.41, 5.74) is 0.652. The first-order chi connectivity index (χ1) is 5.97. The molecule has 0 rings (SSSR count). The summed E-state index contributed by atoms with van der Waals surface area (Å²) in [6.45, 7) is 8.06.